The van der Waals surface area contributed by atoms with Crippen LogP contribution in [-0.2, 0) is 10.0 Å². The molecule has 0 amide bonds. The van der Waals surface area contributed by atoms with Gasteiger partial charge in [-0.15, -0.1) is 0 Å². The van der Waals surface area contributed by atoms with Gasteiger partial charge in [-0.2, -0.15) is 9.40 Å². The van der Waals surface area contributed by atoms with Crippen LogP contribution in [0.4, 0.5) is 0 Å². The van der Waals surface area contributed by atoms with Gasteiger partial charge in [0.2, 0.25) is 10.0 Å². The van der Waals surface area contributed by atoms with E-state index in [1.54, 1.807) is 20.8 Å². The number of sulfonamides is 1. The van der Waals surface area contributed by atoms with Gasteiger partial charge in [0.05, 0.1) is 11.9 Å². The summed E-state index contributed by atoms with van der Waals surface area (Å²) in [6.07, 6.45) is 1.44. The molecule has 0 unspecified atom stereocenters. The zero-order chi connectivity index (χ0) is 14.6. The monoisotopic (exact) mass is 289 g/mol. The van der Waals surface area contributed by atoms with Gasteiger partial charge in [-0.3, -0.25) is 5.10 Å². The molecule has 1 heterocycles. The Morgan fingerprint density at radius 1 is 1.63 bits per heavy atom. The van der Waals surface area contributed by atoms with Crippen molar-refractivity contribution in [3.8, 4) is 0 Å². The Kier molecular flexibility index (Phi) is 4.90. The number of aryl methyl sites for hydroxylation is 1. The molecule has 0 aliphatic carbocycles. The van der Waals surface area contributed by atoms with Crippen LogP contribution in [0.15, 0.2) is 16.2 Å². The number of H-pyrrole nitrogens is 1. The highest BCUT2D eigenvalue weighted by Gasteiger charge is 2.29. The minimum atomic E-state index is -3.64. The van der Waals surface area contributed by atoms with Gasteiger partial charge < -0.3 is 10.9 Å². The van der Waals surface area contributed by atoms with Crippen LogP contribution in [0.25, 0.3) is 0 Å². The van der Waals surface area contributed by atoms with Crippen LogP contribution in [0.5, 0.6) is 0 Å². The Morgan fingerprint density at radius 2 is 2.26 bits per heavy atom. The third-order valence-electron chi connectivity index (χ3n) is 2.66. The maximum atomic E-state index is 12.5. The van der Waals surface area contributed by atoms with Crippen molar-refractivity contribution in [2.75, 3.05) is 6.54 Å². The van der Waals surface area contributed by atoms with Crippen LogP contribution in [0, 0.1) is 6.92 Å². The number of nitrogens with zero attached hydrogens (tertiary/aromatic N) is 3. The molecule has 0 aliphatic rings. The Balaban J connectivity index is 3.03. The van der Waals surface area contributed by atoms with Crippen molar-refractivity contribution in [3.63, 3.8) is 0 Å². The number of nitrogens with one attached hydrogen (secondary N) is 1. The second-order valence-corrected chi connectivity index (χ2v) is 6.27. The van der Waals surface area contributed by atoms with Crippen molar-refractivity contribution in [1.82, 2.24) is 14.5 Å². The molecule has 0 fully saturated rings. The molecule has 0 aromatic carbocycles. The van der Waals surface area contributed by atoms with E-state index in [0.717, 1.165) is 0 Å². The lowest BCUT2D eigenvalue weighted by molar-refractivity contribution is 0.313. The second kappa shape index (κ2) is 6.02. The van der Waals surface area contributed by atoms with Gasteiger partial charge in [0, 0.05) is 19.0 Å². The maximum Gasteiger partial charge on any atom is 0.246 e. The summed E-state index contributed by atoms with van der Waals surface area (Å²) in [4.78, 5) is 0.140. The van der Waals surface area contributed by atoms with Crippen molar-refractivity contribution >= 4 is 15.9 Å². The first-order valence-electron chi connectivity index (χ1n) is 5.79. The Labute approximate surface area is 112 Å². The number of nitrogens with two attached hydrogens (primary N) is 1. The normalized spacial score (nSPS) is 13.4. The van der Waals surface area contributed by atoms with E-state index < -0.39 is 10.0 Å². The number of oxime groups is 1. The number of amidine groups is 1. The summed E-state index contributed by atoms with van der Waals surface area (Å²) in [5.41, 5.74) is 5.85. The van der Waals surface area contributed by atoms with Crippen LogP contribution in [0.3, 0.4) is 0 Å². The zero-order valence-electron chi connectivity index (χ0n) is 11.2. The van der Waals surface area contributed by atoms with E-state index in [2.05, 4.69) is 15.4 Å². The highest BCUT2D eigenvalue weighted by atomic mass is 32.2. The molecular formula is C10H19N5O3S. The van der Waals surface area contributed by atoms with Crippen LogP contribution < -0.4 is 5.73 Å². The van der Waals surface area contributed by atoms with Crippen molar-refractivity contribution in [1.29, 1.82) is 0 Å². The molecule has 9 heteroatoms. The third-order valence-corrected chi connectivity index (χ3v) is 4.85. The van der Waals surface area contributed by atoms with Crippen molar-refractivity contribution in [2.24, 2.45) is 10.9 Å². The van der Waals surface area contributed by atoms with Gasteiger partial charge in [-0.05, 0) is 20.8 Å². The molecule has 1 rings (SSSR count). The van der Waals surface area contributed by atoms with Crippen LogP contribution in [0.2, 0.25) is 0 Å². The summed E-state index contributed by atoms with van der Waals surface area (Å²) >= 11 is 0. The van der Waals surface area contributed by atoms with Gasteiger partial charge in [0.1, 0.15) is 10.7 Å². The highest BCUT2D eigenvalue weighted by Crippen LogP contribution is 2.20. The fourth-order valence-electron chi connectivity index (χ4n) is 1.66. The lowest BCUT2D eigenvalue weighted by Crippen LogP contribution is -2.39. The van der Waals surface area contributed by atoms with E-state index in [1.807, 2.05) is 0 Å². The zero-order valence-corrected chi connectivity index (χ0v) is 12.0. The van der Waals surface area contributed by atoms with E-state index in [-0.39, 0.29) is 29.7 Å². The summed E-state index contributed by atoms with van der Waals surface area (Å²) in [5.74, 6) is -0.00948. The number of rotatable bonds is 6. The standard InChI is InChI=1S/C10H19N5O3S/c1-7(2)15(5-4-10(11)14-16)19(17,18)9-6-12-13-8(9)3/h6-7,16H,4-5H2,1-3H3,(H2,11,14)(H,12,13). The predicted octanol–water partition coefficient (Wildman–Crippen LogP) is 0.254. The number of hydrogen-bond acceptors (Lipinski definition) is 5. The van der Waals surface area contributed by atoms with Crippen LogP contribution in [-0.4, -0.2) is 46.5 Å². The minimum Gasteiger partial charge on any atom is -0.409 e. The quantitative estimate of drug-likeness (QED) is 0.300. The van der Waals surface area contributed by atoms with Gasteiger partial charge >= 0.3 is 0 Å². The highest BCUT2D eigenvalue weighted by molar-refractivity contribution is 7.89. The molecule has 0 atom stereocenters. The maximum absolute atomic E-state index is 12.5. The van der Waals surface area contributed by atoms with E-state index in [0.29, 0.717) is 5.69 Å². The average molecular weight is 289 g/mol. The average Bonchev–Trinajstić information content (AvgIpc) is 2.75. The SMILES string of the molecule is Cc1[nH]ncc1S(=O)(=O)N(CC/C(N)=N/O)C(C)C. The summed E-state index contributed by atoms with van der Waals surface area (Å²) < 4.78 is 26.3. The fourth-order valence-corrected chi connectivity index (χ4v) is 3.41. The van der Waals surface area contributed by atoms with Crippen molar-refractivity contribution in [3.05, 3.63) is 11.9 Å². The molecule has 0 saturated carbocycles. The molecule has 0 aliphatic heterocycles. The molecular weight excluding hydrogens is 270 g/mol. The molecule has 19 heavy (non-hydrogen) atoms. The third kappa shape index (κ3) is 3.44. The summed E-state index contributed by atoms with van der Waals surface area (Å²) in [6, 6.07) is -0.245. The summed E-state index contributed by atoms with van der Waals surface area (Å²) in [5, 5.41) is 17.7. The van der Waals surface area contributed by atoms with E-state index in [4.69, 9.17) is 10.9 Å². The lowest BCUT2D eigenvalue weighted by atomic mass is 10.3. The lowest BCUT2D eigenvalue weighted by Gasteiger charge is -2.25. The topological polar surface area (TPSA) is 125 Å². The number of aromatic nitrogens is 2. The molecule has 0 saturated heterocycles. The molecule has 8 nitrogen and oxygen atoms in total. The minimum absolute atomic E-state index is 0.00948. The van der Waals surface area contributed by atoms with Crippen LogP contribution >= 0.6 is 0 Å². The number of hydrogen-bond donors (Lipinski definition) is 3. The molecule has 108 valence electrons. The molecule has 1 aromatic rings. The smallest absolute Gasteiger partial charge is 0.246 e. The summed E-state index contributed by atoms with van der Waals surface area (Å²) in [7, 11) is -3.64. The van der Waals surface area contributed by atoms with Crippen molar-refractivity contribution in [2.45, 2.75) is 38.1 Å². The largest absolute Gasteiger partial charge is 0.409 e. The Morgan fingerprint density at radius 3 is 2.68 bits per heavy atom. The molecule has 0 radical (unpaired) electrons. The Bertz CT molecular complexity index is 549. The van der Waals surface area contributed by atoms with E-state index >= 15 is 0 Å². The number of aromatic amines is 1. The van der Waals surface area contributed by atoms with E-state index in [9.17, 15) is 8.42 Å². The van der Waals surface area contributed by atoms with Gasteiger partial charge in [-0.1, -0.05) is 5.16 Å². The molecule has 4 N–H and O–H groups in total. The summed E-state index contributed by atoms with van der Waals surface area (Å²) in [6.45, 7) is 5.31. The molecule has 0 spiro atoms. The van der Waals surface area contributed by atoms with Gasteiger partial charge in [0.25, 0.3) is 0 Å². The van der Waals surface area contributed by atoms with Gasteiger partial charge in [-0.25, -0.2) is 8.42 Å². The fraction of sp³-hybridized carbons (Fsp3) is 0.600. The van der Waals surface area contributed by atoms with Crippen LogP contribution in [0.1, 0.15) is 26.0 Å². The first-order valence-corrected chi connectivity index (χ1v) is 7.23. The second-order valence-electron chi connectivity index (χ2n) is 4.41. The van der Waals surface area contributed by atoms with E-state index in [1.165, 1.54) is 10.5 Å². The first-order chi connectivity index (χ1) is 8.80. The molecule has 0 bridgehead atoms. The molecule has 1 aromatic heterocycles. The van der Waals surface area contributed by atoms with Gasteiger partial charge in [0.15, 0.2) is 0 Å². The van der Waals surface area contributed by atoms with Crippen molar-refractivity contribution < 1.29 is 13.6 Å². The Hall–Kier alpha value is -1.61. The predicted molar refractivity (Wildman–Crippen MR) is 70.4 cm³/mol. The first kappa shape index (κ1) is 15.4.